The Kier molecular flexibility index (Phi) is 5.20. The van der Waals surface area contributed by atoms with E-state index >= 15 is 0 Å². The molecule has 0 spiro atoms. The SMILES string of the molecule is CCOC(=O)C(C)(N)CCN(CC(F)(F)F)C1CC1. The number of rotatable bonds is 7. The van der Waals surface area contributed by atoms with Gasteiger partial charge in [0.1, 0.15) is 5.54 Å². The van der Waals surface area contributed by atoms with Crippen molar-refractivity contribution in [3.05, 3.63) is 0 Å². The molecule has 0 aromatic carbocycles. The van der Waals surface area contributed by atoms with Crippen molar-refractivity contribution in [2.45, 2.75) is 50.9 Å². The Labute approximate surface area is 111 Å². The van der Waals surface area contributed by atoms with Gasteiger partial charge in [0.05, 0.1) is 13.2 Å². The third kappa shape index (κ3) is 5.78. The van der Waals surface area contributed by atoms with E-state index in [0.29, 0.717) is 0 Å². The Balaban J connectivity index is 2.49. The standard InChI is InChI=1S/C12H21F3N2O2/c1-3-19-10(18)11(2,16)6-7-17(9-4-5-9)8-12(13,14)15/h9H,3-8,16H2,1-2H3. The Hall–Kier alpha value is -0.820. The summed E-state index contributed by atoms with van der Waals surface area (Å²) < 4.78 is 42.1. The van der Waals surface area contributed by atoms with Crippen LogP contribution in [0.2, 0.25) is 0 Å². The second-order valence-electron chi connectivity index (χ2n) is 5.20. The zero-order valence-corrected chi connectivity index (χ0v) is 11.3. The highest BCUT2D eigenvalue weighted by molar-refractivity contribution is 5.79. The van der Waals surface area contributed by atoms with Gasteiger partial charge >= 0.3 is 12.1 Å². The number of nitrogens with zero attached hydrogens (tertiary/aromatic N) is 1. The van der Waals surface area contributed by atoms with Crippen molar-refractivity contribution in [1.82, 2.24) is 4.90 Å². The smallest absolute Gasteiger partial charge is 0.401 e. The fraction of sp³-hybridized carbons (Fsp3) is 0.917. The number of hydrogen-bond donors (Lipinski definition) is 1. The lowest BCUT2D eigenvalue weighted by molar-refractivity contribution is -0.151. The molecule has 112 valence electrons. The molecule has 0 heterocycles. The van der Waals surface area contributed by atoms with Crippen molar-refractivity contribution in [3.8, 4) is 0 Å². The van der Waals surface area contributed by atoms with Crippen LogP contribution < -0.4 is 5.73 Å². The van der Waals surface area contributed by atoms with Crippen LogP contribution in [0.4, 0.5) is 13.2 Å². The number of carbonyl (C=O) groups is 1. The summed E-state index contributed by atoms with van der Waals surface area (Å²) in [6.45, 7) is 2.56. The summed E-state index contributed by atoms with van der Waals surface area (Å²) in [6, 6.07) is -0.0281. The maximum absolute atomic E-state index is 12.4. The summed E-state index contributed by atoms with van der Waals surface area (Å²) in [5.74, 6) is -0.572. The zero-order chi connectivity index (χ0) is 14.7. The summed E-state index contributed by atoms with van der Waals surface area (Å²) in [6.07, 6.45) is -2.52. The van der Waals surface area contributed by atoms with Gasteiger partial charge in [0.25, 0.3) is 0 Å². The lowest BCUT2D eigenvalue weighted by atomic mass is 9.99. The van der Waals surface area contributed by atoms with Crippen LogP contribution in [0.15, 0.2) is 0 Å². The summed E-state index contributed by atoms with van der Waals surface area (Å²) in [4.78, 5) is 12.9. The predicted octanol–water partition coefficient (Wildman–Crippen LogP) is 1.68. The van der Waals surface area contributed by atoms with E-state index < -0.39 is 24.2 Å². The first kappa shape index (κ1) is 16.2. The van der Waals surface area contributed by atoms with E-state index in [9.17, 15) is 18.0 Å². The van der Waals surface area contributed by atoms with Gasteiger partial charge in [-0.25, -0.2) is 0 Å². The Morgan fingerprint density at radius 2 is 2.00 bits per heavy atom. The molecule has 0 aliphatic heterocycles. The number of nitrogens with two attached hydrogens (primary N) is 1. The highest BCUT2D eigenvalue weighted by atomic mass is 19.4. The molecule has 0 bridgehead atoms. The van der Waals surface area contributed by atoms with Crippen LogP contribution in [0.1, 0.15) is 33.1 Å². The Bertz CT molecular complexity index is 315. The first-order chi connectivity index (χ1) is 8.65. The molecule has 7 heteroatoms. The van der Waals surface area contributed by atoms with E-state index in [4.69, 9.17) is 10.5 Å². The molecule has 1 saturated carbocycles. The molecule has 1 atom stereocenters. The van der Waals surface area contributed by atoms with Crippen LogP contribution in [0.3, 0.4) is 0 Å². The fourth-order valence-corrected chi connectivity index (χ4v) is 1.83. The molecular weight excluding hydrogens is 261 g/mol. The Morgan fingerprint density at radius 1 is 1.42 bits per heavy atom. The van der Waals surface area contributed by atoms with Gasteiger partial charge in [-0.05, 0) is 33.1 Å². The van der Waals surface area contributed by atoms with Crippen LogP contribution in [0.25, 0.3) is 0 Å². The summed E-state index contributed by atoms with van der Waals surface area (Å²) >= 11 is 0. The van der Waals surface area contributed by atoms with Gasteiger partial charge in [-0.3, -0.25) is 9.69 Å². The van der Waals surface area contributed by atoms with E-state index in [-0.39, 0.29) is 25.6 Å². The maximum atomic E-state index is 12.4. The summed E-state index contributed by atoms with van der Waals surface area (Å²) in [7, 11) is 0. The lowest BCUT2D eigenvalue weighted by Gasteiger charge is -2.28. The minimum Gasteiger partial charge on any atom is -0.465 e. The van der Waals surface area contributed by atoms with Crippen LogP contribution >= 0.6 is 0 Å². The average Bonchev–Trinajstić information content (AvgIpc) is 3.06. The van der Waals surface area contributed by atoms with Gasteiger partial charge in [0.15, 0.2) is 0 Å². The molecule has 1 aliphatic rings. The van der Waals surface area contributed by atoms with Crippen LogP contribution in [-0.2, 0) is 9.53 Å². The van der Waals surface area contributed by atoms with Gasteiger partial charge in [-0.1, -0.05) is 0 Å². The number of ether oxygens (including phenoxy) is 1. The van der Waals surface area contributed by atoms with Crippen molar-refractivity contribution < 1.29 is 22.7 Å². The van der Waals surface area contributed by atoms with Crippen molar-refractivity contribution in [2.24, 2.45) is 5.73 Å². The highest BCUT2D eigenvalue weighted by Crippen LogP contribution is 2.30. The van der Waals surface area contributed by atoms with E-state index in [2.05, 4.69) is 0 Å². The highest BCUT2D eigenvalue weighted by Gasteiger charge is 2.39. The van der Waals surface area contributed by atoms with Crippen LogP contribution in [-0.4, -0.2) is 48.3 Å². The third-order valence-electron chi connectivity index (χ3n) is 3.11. The van der Waals surface area contributed by atoms with E-state index in [0.717, 1.165) is 12.8 Å². The number of alkyl halides is 3. The van der Waals surface area contributed by atoms with Gasteiger partial charge < -0.3 is 10.5 Å². The first-order valence-electron chi connectivity index (χ1n) is 6.42. The predicted molar refractivity (Wildman–Crippen MR) is 64.5 cm³/mol. The molecular formula is C12H21F3N2O2. The molecule has 2 N–H and O–H groups in total. The summed E-state index contributed by atoms with van der Waals surface area (Å²) in [5, 5.41) is 0. The third-order valence-corrected chi connectivity index (χ3v) is 3.11. The van der Waals surface area contributed by atoms with Crippen molar-refractivity contribution >= 4 is 5.97 Å². The monoisotopic (exact) mass is 282 g/mol. The Morgan fingerprint density at radius 3 is 2.42 bits per heavy atom. The summed E-state index contributed by atoms with van der Waals surface area (Å²) in [5.41, 5.74) is 4.56. The van der Waals surface area contributed by atoms with E-state index in [1.54, 1.807) is 6.92 Å². The molecule has 0 aromatic rings. The molecule has 19 heavy (non-hydrogen) atoms. The van der Waals surface area contributed by atoms with Gasteiger partial charge in [-0.2, -0.15) is 13.2 Å². The van der Waals surface area contributed by atoms with Gasteiger partial charge in [-0.15, -0.1) is 0 Å². The van der Waals surface area contributed by atoms with E-state index in [1.165, 1.54) is 11.8 Å². The maximum Gasteiger partial charge on any atom is 0.401 e. The lowest BCUT2D eigenvalue weighted by Crippen LogP contribution is -2.49. The number of halogens is 3. The zero-order valence-electron chi connectivity index (χ0n) is 11.3. The molecule has 0 radical (unpaired) electrons. The molecule has 1 unspecified atom stereocenters. The quantitative estimate of drug-likeness (QED) is 0.722. The number of hydrogen-bond acceptors (Lipinski definition) is 4. The molecule has 1 rings (SSSR count). The molecule has 0 aromatic heterocycles. The molecule has 1 fully saturated rings. The van der Waals surface area contributed by atoms with Crippen molar-refractivity contribution in [3.63, 3.8) is 0 Å². The van der Waals surface area contributed by atoms with Crippen molar-refractivity contribution in [2.75, 3.05) is 19.7 Å². The van der Waals surface area contributed by atoms with Gasteiger partial charge in [0, 0.05) is 12.6 Å². The first-order valence-corrected chi connectivity index (χ1v) is 6.42. The minimum atomic E-state index is -4.22. The number of carbonyl (C=O) groups excluding carboxylic acids is 1. The van der Waals surface area contributed by atoms with Crippen LogP contribution in [0, 0.1) is 0 Å². The van der Waals surface area contributed by atoms with Crippen molar-refractivity contribution in [1.29, 1.82) is 0 Å². The molecule has 4 nitrogen and oxygen atoms in total. The topological polar surface area (TPSA) is 55.6 Å². The van der Waals surface area contributed by atoms with E-state index in [1.807, 2.05) is 0 Å². The fourth-order valence-electron chi connectivity index (χ4n) is 1.83. The van der Waals surface area contributed by atoms with Gasteiger partial charge in [0.2, 0.25) is 0 Å². The largest absolute Gasteiger partial charge is 0.465 e. The second kappa shape index (κ2) is 6.09. The molecule has 0 saturated heterocycles. The second-order valence-corrected chi connectivity index (χ2v) is 5.20. The minimum absolute atomic E-state index is 0.0281. The molecule has 1 aliphatic carbocycles. The van der Waals surface area contributed by atoms with Crippen LogP contribution in [0.5, 0.6) is 0 Å². The number of esters is 1. The molecule has 0 amide bonds. The average molecular weight is 282 g/mol. The normalized spacial score (nSPS) is 19.3.